The van der Waals surface area contributed by atoms with E-state index in [1.165, 1.54) is 75.9 Å². The molecule has 0 saturated heterocycles. The molecule has 0 bridgehead atoms. The quantitative estimate of drug-likeness (QED) is 0.265. The molecule has 0 spiro atoms. The Morgan fingerprint density at radius 2 is 1.71 bits per heavy atom. The Morgan fingerprint density at radius 3 is 2.32 bits per heavy atom. The summed E-state index contributed by atoms with van der Waals surface area (Å²) >= 11 is 6.04. The minimum atomic E-state index is -0.697. The highest BCUT2D eigenvalue weighted by Gasteiger charge is 2.29. The van der Waals surface area contributed by atoms with Gasteiger partial charge in [-0.05, 0) is 42.5 Å². The summed E-state index contributed by atoms with van der Waals surface area (Å²) in [5.74, 6) is -0.622. The number of hydrogen-bond acceptors (Lipinski definition) is 7. The van der Waals surface area contributed by atoms with Crippen LogP contribution in [0.1, 0.15) is 26.3 Å². The van der Waals surface area contributed by atoms with Crippen LogP contribution in [0.2, 0.25) is 5.02 Å². The third-order valence-electron chi connectivity index (χ3n) is 5.03. The summed E-state index contributed by atoms with van der Waals surface area (Å²) in [5.41, 5.74) is 0.433. The van der Waals surface area contributed by atoms with Crippen molar-refractivity contribution in [1.29, 1.82) is 0 Å². The zero-order valence-corrected chi connectivity index (χ0v) is 19.1. The van der Waals surface area contributed by atoms with Crippen LogP contribution in [0.3, 0.4) is 0 Å². The van der Waals surface area contributed by atoms with Crippen molar-refractivity contribution in [1.82, 2.24) is 0 Å². The Hall–Kier alpha value is -4.04. The van der Waals surface area contributed by atoms with Crippen LogP contribution in [0.15, 0.2) is 54.3 Å². The van der Waals surface area contributed by atoms with Crippen LogP contribution in [-0.2, 0) is 0 Å². The van der Waals surface area contributed by atoms with E-state index < -0.39 is 17.6 Å². The van der Waals surface area contributed by atoms with Crippen molar-refractivity contribution in [3.05, 3.63) is 81.8 Å². The molecule has 174 valence electrons. The smallest absolute Gasteiger partial charge is 0.343 e. The van der Waals surface area contributed by atoms with E-state index in [1.54, 1.807) is 0 Å². The molecule has 0 aromatic heterocycles. The van der Waals surface area contributed by atoms with Crippen molar-refractivity contribution in [3.8, 4) is 28.7 Å². The van der Waals surface area contributed by atoms with Gasteiger partial charge < -0.3 is 23.7 Å². The molecule has 1 aliphatic rings. The van der Waals surface area contributed by atoms with Crippen LogP contribution in [0.25, 0.3) is 6.08 Å². The molecule has 3 aromatic rings. The molecular weight excluding hydrogens is 467 g/mol. The number of ketones is 1. The van der Waals surface area contributed by atoms with Gasteiger partial charge in [0.2, 0.25) is 11.5 Å². The number of fused-ring (bicyclic) bond motifs is 1. The van der Waals surface area contributed by atoms with Gasteiger partial charge in [-0.2, -0.15) is 0 Å². The first-order valence-electron chi connectivity index (χ1n) is 9.90. The average molecular weight is 485 g/mol. The van der Waals surface area contributed by atoms with Gasteiger partial charge in [0.15, 0.2) is 17.3 Å². The zero-order chi connectivity index (χ0) is 24.4. The molecule has 0 N–H and O–H groups in total. The summed E-state index contributed by atoms with van der Waals surface area (Å²) in [4.78, 5) is 25.4. The number of halogens is 2. The van der Waals surface area contributed by atoms with Crippen molar-refractivity contribution >= 4 is 29.4 Å². The van der Waals surface area contributed by atoms with Gasteiger partial charge in [-0.15, -0.1) is 0 Å². The van der Waals surface area contributed by atoms with Crippen molar-refractivity contribution in [2.24, 2.45) is 0 Å². The molecular formula is C25H18ClFO7. The molecule has 0 radical (unpaired) electrons. The van der Waals surface area contributed by atoms with Crippen LogP contribution in [0.5, 0.6) is 28.7 Å². The third-order valence-corrected chi connectivity index (χ3v) is 5.36. The molecule has 1 aliphatic heterocycles. The number of rotatable bonds is 6. The minimum Gasteiger partial charge on any atom is -0.493 e. The van der Waals surface area contributed by atoms with E-state index in [4.69, 9.17) is 35.3 Å². The predicted octanol–water partition coefficient (Wildman–Crippen LogP) is 5.34. The first-order valence-corrected chi connectivity index (χ1v) is 10.3. The fourth-order valence-corrected chi connectivity index (χ4v) is 3.59. The predicted molar refractivity (Wildman–Crippen MR) is 122 cm³/mol. The van der Waals surface area contributed by atoms with Crippen molar-refractivity contribution in [2.75, 3.05) is 21.3 Å². The van der Waals surface area contributed by atoms with Gasteiger partial charge in [-0.1, -0.05) is 17.7 Å². The molecule has 7 nitrogen and oxygen atoms in total. The third kappa shape index (κ3) is 4.27. The number of methoxy groups -OCH3 is 3. The monoisotopic (exact) mass is 484 g/mol. The van der Waals surface area contributed by atoms with Crippen LogP contribution in [0.4, 0.5) is 4.39 Å². The van der Waals surface area contributed by atoms with E-state index in [2.05, 4.69) is 0 Å². The lowest BCUT2D eigenvalue weighted by molar-refractivity contribution is 0.0733. The van der Waals surface area contributed by atoms with E-state index in [-0.39, 0.29) is 39.0 Å². The maximum Gasteiger partial charge on any atom is 0.343 e. The fourth-order valence-electron chi connectivity index (χ4n) is 3.38. The average Bonchev–Trinajstić information content (AvgIpc) is 3.14. The van der Waals surface area contributed by atoms with E-state index >= 15 is 0 Å². The Bertz CT molecular complexity index is 1290. The minimum absolute atomic E-state index is 0.0365. The molecule has 1 heterocycles. The summed E-state index contributed by atoms with van der Waals surface area (Å²) in [6, 6.07) is 11.4. The molecule has 0 saturated carbocycles. The molecule has 0 unspecified atom stereocenters. The lowest BCUT2D eigenvalue weighted by Crippen LogP contribution is -2.09. The fraction of sp³-hybridized carbons (Fsp3) is 0.120. The summed E-state index contributed by atoms with van der Waals surface area (Å²) in [6.07, 6.45) is 1.24. The highest BCUT2D eigenvalue weighted by Crippen LogP contribution is 2.39. The Kier molecular flexibility index (Phi) is 6.43. The maximum absolute atomic E-state index is 14.1. The van der Waals surface area contributed by atoms with Gasteiger partial charge in [0.05, 0.1) is 37.5 Å². The lowest BCUT2D eigenvalue weighted by atomic mass is 10.1. The summed E-state index contributed by atoms with van der Waals surface area (Å²) < 4.78 is 40.9. The van der Waals surface area contributed by atoms with Crippen molar-refractivity contribution in [2.45, 2.75) is 0 Å². The molecule has 0 aliphatic carbocycles. The van der Waals surface area contributed by atoms with Gasteiger partial charge >= 0.3 is 5.97 Å². The summed E-state index contributed by atoms with van der Waals surface area (Å²) in [5, 5.41) is 0.139. The summed E-state index contributed by atoms with van der Waals surface area (Å²) in [7, 11) is 4.31. The largest absolute Gasteiger partial charge is 0.493 e. The molecule has 0 atom stereocenters. The second-order valence-electron chi connectivity index (χ2n) is 7.04. The van der Waals surface area contributed by atoms with E-state index in [0.29, 0.717) is 17.2 Å². The number of hydrogen-bond donors (Lipinski definition) is 0. The number of esters is 1. The highest BCUT2D eigenvalue weighted by atomic mass is 35.5. The van der Waals surface area contributed by atoms with E-state index in [9.17, 15) is 14.0 Å². The zero-order valence-electron chi connectivity index (χ0n) is 18.3. The molecule has 9 heteroatoms. The van der Waals surface area contributed by atoms with Crippen LogP contribution in [0, 0.1) is 5.82 Å². The van der Waals surface area contributed by atoms with Crippen LogP contribution in [-0.4, -0.2) is 33.1 Å². The Morgan fingerprint density at radius 1 is 1.00 bits per heavy atom. The number of benzene rings is 3. The van der Waals surface area contributed by atoms with Crippen LogP contribution >= 0.6 is 11.6 Å². The maximum atomic E-state index is 14.1. The van der Waals surface area contributed by atoms with Crippen LogP contribution < -0.4 is 23.7 Å². The second-order valence-corrected chi connectivity index (χ2v) is 7.44. The first kappa shape index (κ1) is 23.1. The number of Topliss-reactive ketones (excluding diaryl/α,β-unsaturated/α-hetero) is 1. The molecule has 0 fully saturated rings. The number of ether oxygens (including phenoxy) is 5. The molecule has 4 rings (SSSR count). The van der Waals surface area contributed by atoms with Crippen molar-refractivity contribution in [3.63, 3.8) is 0 Å². The van der Waals surface area contributed by atoms with Gasteiger partial charge in [0.25, 0.3) is 0 Å². The van der Waals surface area contributed by atoms with E-state index in [1.807, 2.05) is 0 Å². The lowest BCUT2D eigenvalue weighted by Gasteiger charge is -2.13. The van der Waals surface area contributed by atoms with Gasteiger partial charge in [0.1, 0.15) is 17.3 Å². The van der Waals surface area contributed by atoms with Gasteiger partial charge in [-0.3, -0.25) is 4.79 Å². The number of allylic oxidation sites excluding steroid dienone is 1. The number of carbonyl (C=O) groups excluding carboxylic acids is 2. The molecule has 3 aromatic carbocycles. The molecule has 34 heavy (non-hydrogen) atoms. The van der Waals surface area contributed by atoms with E-state index in [0.717, 1.165) is 0 Å². The topological polar surface area (TPSA) is 80.3 Å². The standard InChI is InChI=1S/C25H18ClFO7/c1-30-21-9-13(10-22(31-2)24(21)32-3)25(29)33-14-7-8-15-19(11-14)34-20(23(15)28)12-16-17(26)5-4-6-18(16)27/h4-12H,1-3H3. The first-order chi connectivity index (χ1) is 16.4. The number of carbonyl (C=O) groups is 2. The highest BCUT2D eigenvalue weighted by molar-refractivity contribution is 6.32. The normalized spacial score (nSPS) is 13.3. The van der Waals surface area contributed by atoms with Crippen molar-refractivity contribution < 1.29 is 37.7 Å². The summed E-state index contributed by atoms with van der Waals surface area (Å²) in [6.45, 7) is 0. The Balaban J connectivity index is 1.59. The van der Waals surface area contributed by atoms with Gasteiger partial charge in [0, 0.05) is 11.6 Å². The SMILES string of the molecule is COc1cc(C(=O)Oc2ccc3c(c2)OC(=Cc2c(F)cccc2Cl)C3=O)cc(OC)c1OC. The second kappa shape index (κ2) is 9.44. The van der Waals surface area contributed by atoms with Gasteiger partial charge in [-0.25, -0.2) is 9.18 Å². The molecule has 0 amide bonds. The Labute approximate surface area is 199 Å².